The largest absolute Gasteiger partial charge is 0.481 e. The van der Waals surface area contributed by atoms with Crippen molar-refractivity contribution in [3.63, 3.8) is 0 Å². The van der Waals surface area contributed by atoms with Gasteiger partial charge in [0.15, 0.2) is 0 Å². The van der Waals surface area contributed by atoms with E-state index in [1.165, 1.54) is 17.9 Å². The standard InChI is InChI=1S/C14H15F2NO3/c1-8(14(19)20)13(18)17(9-5-6-9)7-10-11(15)3-2-4-12(10)16/h2-4,8-9H,5-7H2,1H3,(H,19,20). The lowest BCUT2D eigenvalue weighted by molar-refractivity contribution is -0.150. The van der Waals surface area contributed by atoms with Gasteiger partial charge in [-0.15, -0.1) is 0 Å². The summed E-state index contributed by atoms with van der Waals surface area (Å²) >= 11 is 0. The molecule has 6 heteroatoms. The van der Waals surface area contributed by atoms with Crippen LogP contribution in [-0.2, 0) is 16.1 Å². The van der Waals surface area contributed by atoms with Gasteiger partial charge in [0.05, 0.1) is 6.54 Å². The first-order valence-corrected chi connectivity index (χ1v) is 6.38. The first kappa shape index (κ1) is 14.4. The number of carbonyl (C=O) groups excluding carboxylic acids is 1. The fourth-order valence-electron chi connectivity index (χ4n) is 1.98. The molecule has 1 atom stereocenters. The monoisotopic (exact) mass is 283 g/mol. The molecule has 0 heterocycles. The SMILES string of the molecule is CC(C(=O)O)C(=O)N(Cc1c(F)cccc1F)C1CC1. The van der Waals surface area contributed by atoms with E-state index in [0.717, 1.165) is 25.0 Å². The van der Waals surface area contributed by atoms with Crippen LogP contribution >= 0.6 is 0 Å². The maximum atomic E-state index is 13.6. The number of amides is 1. The molecular weight excluding hydrogens is 268 g/mol. The van der Waals surface area contributed by atoms with Gasteiger partial charge >= 0.3 is 5.97 Å². The van der Waals surface area contributed by atoms with Gasteiger partial charge in [-0.25, -0.2) is 8.78 Å². The molecular formula is C14H15F2NO3. The Labute approximate surface area is 115 Å². The Morgan fingerprint density at radius 1 is 1.35 bits per heavy atom. The van der Waals surface area contributed by atoms with Crippen LogP contribution in [0.3, 0.4) is 0 Å². The van der Waals surface area contributed by atoms with Crippen LogP contribution in [0, 0.1) is 17.6 Å². The van der Waals surface area contributed by atoms with Gasteiger partial charge < -0.3 is 10.0 Å². The fourth-order valence-corrected chi connectivity index (χ4v) is 1.98. The lowest BCUT2D eigenvalue weighted by Crippen LogP contribution is -2.39. The van der Waals surface area contributed by atoms with Crippen molar-refractivity contribution in [2.24, 2.45) is 5.92 Å². The first-order chi connectivity index (χ1) is 9.41. The lowest BCUT2D eigenvalue weighted by Gasteiger charge is -2.24. The second-order valence-electron chi connectivity index (χ2n) is 4.96. The minimum Gasteiger partial charge on any atom is -0.481 e. The Morgan fingerprint density at radius 2 is 1.90 bits per heavy atom. The van der Waals surface area contributed by atoms with E-state index in [-0.39, 0.29) is 18.2 Å². The highest BCUT2D eigenvalue weighted by atomic mass is 19.1. The minimum absolute atomic E-state index is 0.122. The molecule has 0 radical (unpaired) electrons. The van der Waals surface area contributed by atoms with Crippen molar-refractivity contribution in [3.05, 3.63) is 35.4 Å². The zero-order valence-electron chi connectivity index (χ0n) is 11.0. The van der Waals surface area contributed by atoms with Crippen molar-refractivity contribution >= 4 is 11.9 Å². The van der Waals surface area contributed by atoms with E-state index < -0.39 is 29.4 Å². The van der Waals surface area contributed by atoms with Crippen LogP contribution < -0.4 is 0 Å². The van der Waals surface area contributed by atoms with Gasteiger partial charge in [0.25, 0.3) is 0 Å². The van der Waals surface area contributed by atoms with Crippen molar-refractivity contribution in [2.45, 2.75) is 32.4 Å². The predicted molar refractivity (Wildman–Crippen MR) is 66.7 cm³/mol. The van der Waals surface area contributed by atoms with Crippen LogP contribution in [0.5, 0.6) is 0 Å². The van der Waals surface area contributed by atoms with Gasteiger partial charge in [-0.3, -0.25) is 9.59 Å². The van der Waals surface area contributed by atoms with Crippen LogP contribution in [0.1, 0.15) is 25.3 Å². The second-order valence-corrected chi connectivity index (χ2v) is 4.96. The molecule has 0 bridgehead atoms. The van der Waals surface area contributed by atoms with Crippen LogP contribution in [0.15, 0.2) is 18.2 Å². The first-order valence-electron chi connectivity index (χ1n) is 6.38. The average Bonchev–Trinajstić information content (AvgIpc) is 3.21. The maximum Gasteiger partial charge on any atom is 0.315 e. The molecule has 1 aliphatic carbocycles. The second kappa shape index (κ2) is 5.56. The molecule has 108 valence electrons. The Hall–Kier alpha value is -1.98. The highest BCUT2D eigenvalue weighted by Gasteiger charge is 2.37. The quantitative estimate of drug-likeness (QED) is 0.843. The Morgan fingerprint density at radius 3 is 2.35 bits per heavy atom. The summed E-state index contributed by atoms with van der Waals surface area (Å²) in [5, 5.41) is 8.88. The summed E-state index contributed by atoms with van der Waals surface area (Å²) in [5.41, 5.74) is -0.203. The third-order valence-corrected chi connectivity index (χ3v) is 3.40. The number of halogens is 2. The number of rotatable bonds is 5. The van der Waals surface area contributed by atoms with E-state index in [1.807, 2.05) is 0 Å². The van der Waals surface area contributed by atoms with Crippen LogP contribution in [0.2, 0.25) is 0 Å². The summed E-state index contributed by atoms with van der Waals surface area (Å²) in [6.07, 6.45) is 1.46. The van der Waals surface area contributed by atoms with Crippen molar-refractivity contribution < 1.29 is 23.5 Å². The molecule has 1 aliphatic rings. The highest BCUT2D eigenvalue weighted by Crippen LogP contribution is 2.30. The molecule has 1 aromatic rings. The van der Waals surface area contributed by atoms with Crippen molar-refractivity contribution in [3.8, 4) is 0 Å². The topological polar surface area (TPSA) is 57.6 Å². The molecule has 1 unspecified atom stereocenters. The predicted octanol–water partition coefficient (Wildman–Crippen LogP) is 2.18. The number of benzene rings is 1. The van der Waals surface area contributed by atoms with Gasteiger partial charge in [-0.2, -0.15) is 0 Å². The van der Waals surface area contributed by atoms with Gasteiger partial charge in [0.1, 0.15) is 17.6 Å². The minimum atomic E-state index is -1.24. The number of carboxylic acid groups (broad SMARTS) is 1. The van der Waals surface area contributed by atoms with E-state index in [1.54, 1.807) is 0 Å². The van der Waals surface area contributed by atoms with Crippen molar-refractivity contribution in [1.29, 1.82) is 0 Å². The van der Waals surface area contributed by atoms with Crippen molar-refractivity contribution in [2.75, 3.05) is 0 Å². The lowest BCUT2D eigenvalue weighted by atomic mass is 10.1. The molecule has 4 nitrogen and oxygen atoms in total. The summed E-state index contributed by atoms with van der Waals surface area (Å²) in [6.45, 7) is 1.04. The molecule has 0 aromatic heterocycles. The molecule has 2 rings (SSSR count). The van der Waals surface area contributed by atoms with E-state index in [0.29, 0.717) is 0 Å². The zero-order valence-corrected chi connectivity index (χ0v) is 11.0. The highest BCUT2D eigenvalue weighted by molar-refractivity contribution is 5.96. The molecule has 0 spiro atoms. The number of aliphatic carboxylic acids is 1. The molecule has 1 fully saturated rings. The summed E-state index contributed by atoms with van der Waals surface area (Å²) < 4.78 is 27.2. The van der Waals surface area contributed by atoms with Crippen LogP contribution in [-0.4, -0.2) is 27.9 Å². The summed E-state index contributed by atoms with van der Waals surface area (Å²) in [6, 6.07) is 3.36. The van der Waals surface area contributed by atoms with Crippen molar-refractivity contribution in [1.82, 2.24) is 4.90 Å². The van der Waals surface area contributed by atoms with Gasteiger partial charge in [0, 0.05) is 11.6 Å². The summed E-state index contributed by atoms with van der Waals surface area (Å²) in [5.74, 6) is -4.53. The molecule has 0 aliphatic heterocycles. The summed E-state index contributed by atoms with van der Waals surface area (Å²) in [4.78, 5) is 24.2. The number of hydrogen-bond acceptors (Lipinski definition) is 2. The molecule has 1 aromatic carbocycles. The maximum absolute atomic E-state index is 13.6. The third-order valence-electron chi connectivity index (χ3n) is 3.40. The number of hydrogen-bond donors (Lipinski definition) is 1. The molecule has 1 amide bonds. The number of carbonyl (C=O) groups is 2. The smallest absolute Gasteiger partial charge is 0.315 e. The molecule has 1 N–H and O–H groups in total. The average molecular weight is 283 g/mol. The van der Waals surface area contributed by atoms with E-state index in [2.05, 4.69) is 0 Å². The van der Waals surface area contributed by atoms with Gasteiger partial charge in [-0.1, -0.05) is 6.07 Å². The van der Waals surface area contributed by atoms with E-state index in [9.17, 15) is 18.4 Å². The fraction of sp³-hybridized carbons (Fsp3) is 0.429. The Kier molecular flexibility index (Phi) is 4.01. The van der Waals surface area contributed by atoms with E-state index >= 15 is 0 Å². The van der Waals surface area contributed by atoms with E-state index in [4.69, 9.17) is 5.11 Å². The number of nitrogens with zero attached hydrogens (tertiary/aromatic N) is 1. The van der Waals surface area contributed by atoms with Gasteiger partial charge in [-0.05, 0) is 31.9 Å². The molecule has 20 heavy (non-hydrogen) atoms. The zero-order chi connectivity index (χ0) is 14.9. The molecule has 0 saturated heterocycles. The van der Waals surface area contributed by atoms with Crippen LogP contribution in [0.4, 0.5) is 8.78 Å². The van der Waals surface area contributed by atoms with Gasteiger partial charge in [0.2, 0.25) is 5.91 Å². The molecule has 1 saturated carbocycles. The third kappa shape index (κ3) is 2.95. The summed E-state index contributed by atoms with van der Waals surface area (Å²) in [7, 11) is 0. The Bertz CT molecular complexity index is 523. The normalized spacial score (nSPS) is 15.8. The van der Waals surface area contributed by atoms with Crippen LogP contribution in [0.25, 0.3) is 0 Å². The Balaban J connectivity index is 2.22. The number of carboxylic acids is 1.